The maximum absolute atomic E-state index is 12.3. The average molecular weight is 387 g/mol. The van der Waals surface area contributed by atoms with E-state index >= 15 is 0 Å². The average Bonchev–Trinajstić information content (AvgIpc) is 3.02. The second kappa shape index (κ2) is 7.25. The van der Waals surface area contributed by atoms with E-state index in [1.807, 2.05) is 73.7 Å². The number of hydrogen-bond acceptors (Lipinski definition) is 3. The molecule has 2 N–H and O–H groups in total. The van der Waals surface area contributed by atoms with E-state index < -0.39 is 11.8 Å². The standard InChI is InChI=1S/C22H17N3O2S/c1-14-12-16(13-18-20(26)23-22(28)24-21(18)27)19(15-8-4-2-5-9-15)25(14)17-10-6-3-7-11-17/h2-13H,1H3,(H2,23,24,26,27,28). The van der Waals surface area contributed by atoms with Crippen LogP contribution in [0.2, 0.25) is 0 Å². The summed E-state index contributed by atoms with van der Waals surface area (Å²) in [6, 6.07) is 21.8. The fourth-order valence-corrected chi connectivity index (χ4v) is 3.52. The lowest BCUT2D eigenvalue weighted by atomic mass is 10.0. The second-order valence-corrected chi connectivity index (χ2v) is 6.83. The summed E-state index contributed by atoms with van der Waals surface area (Å²) in [7, 11) is 0. The Labute approximate surface area is 167 Å². The van der Waals surface area contributed by atoms with Gasteiger partial charge in [0.15, 0.2) is 5.11 Å². The van der Waals surface area contributed by atoms with Crippen molar-refractivity contribution in [3.8, 4) is 16.9 Å². The van der Waals surface area contributed by atoms with Gasteiger partial charge in [-0.2, -0.15) is 0 Å². The number of aromatic nitrogens is 1. The first-order chi connectivity index (χ1) is 13.5. The number of hydrogen-bond donors (Lipinski definition) is 2. The van der Waals surface area contributed by atoms with Gasteiger partial charge in [-0.05, 0) is 49.0 Å². The molecule has 0 spiro atoms. The Kier molecular flexibility index (Phi) is 4.63. The molecule has 0 saturated carbocycles. The van der Waals surface area contributed by atoms with Crippen LogP contribution >= 0.6 is 12.2 Å². The molecule has 5 nitrogen and oxygen atoms in total. The number of thiocarbonyl (C=S) groups is 1. The first-order valence-electron chi connectivity index (χ1n) is 8.76. The van der Waals surface area contributed by atoms with Crippen LogP contribution < -0.4 is 10.6 Å². The Bertz CT molecular complexity index is 1090. The first-order valence-corrected chi connectivity index (χ1v) is 9.17. The molecule has 6 heteroatoms. The van der Waals surface area contributed by atoms with Crippen molar-refractivity contribution < 1.29 is 9.59 Å². The molecule has 0 aliphatic carbocycles. The van der Waals surface area contributed by atoms with Crippen LogP contribution in [0.1, 0.15) is 11.3 Å². The third-order valence-electron chi connectivity index (χ3n) is 4.52. The predicted molar refractivity (Wildman–Crippen MR) is 113 cm³/mol. The first kappa shape index (κ1) is 17.9. The highest BCUT2D eigenvalue weighted by atomic mass is 32.1. The van der Waals surface area contributed by atoms with Crippen molar-refractivity contribution in [1.82, 2.24) is 15.2 Å². The summed E-state index contributed by atoms with van der Waals surface area (Å²) < 4.78 is 2.12. The Hall–Kier alpha value is -3.51. The smallest absolute Gasteiger partial charge is 0.263 e. The molecular weight excluding hydrogens is 370 g/mol. The lowest BCUT2D eigenvalue weighted by Crippen LogP contribution is -2.51. The zero-order valence-corrected chi connectivity index (χ0v) is 15.9. The number of amides is 2. The van der Waals surface area contributed by atoms with E-state index in [-0.39, 0.29) is 10.7 Å². The second-order valence-electron chi connectivity index (χ2n) is 6.42. The molecule has 0 atom stereocenters. The number of para-hydroxylation sites is 1. The zero-order chi connectivity index (χ0) is 19.7. The van der Waals surface area contributed by atoms with Gasteiger partial charge in [0.2, 0.25) is 0 Å². The molecule has 138 valence electrons. The number of carbonyl (C=O) groups is 2. The minimum Gasteiger partial charge on any atom is -0.313 e. The van der Waals surface area contributed by atoms with Crippen molar-refractivity contribution in [1.29, 1.82) is 0 Å². The van der Waals surface area contributed by atoms with Crippen LogP contribution in [-0.2, 0) is 9.59 Å². The largest absolute Gasteiger partial charge is 0.313 e. The molecule has 2 heterocycles. The molecule has 2 aromatic carbocycles. The summed E-state index contributed by atoms with van der Waals surface area (Å²) >= 11 is 4.87. The fraction of sp³-hybridized carbons (Fsp3) is 0.0455. The third kappa shape index (κ3) is 3.25. The molecular formula is C22H17N3O2S. The van der Waals surface area contributed by atoms with E-state index in [0.29, 0.717) is 0 Å². The van der Waals surface area contributed by atoms with E-state index in [0.717, 1.165) is 28.2 Å². The van der Waals surface area contributed by atoms with Gasteiger partial charge in [-0.25, -0.2) is 0 Å². The summed E-state index contributed by atoms with van der Waals surface area (Å²) in [5.41, 5.74) is 4.69. The summed E-state index contributed by atoms with van der Waals surface area (Å²) in [5.74, 6) is -1.00. The molecule has 4 rings (SSSR count). The van der Waals surface area contributed by atoms with Gasteiger partial charge in [0.1, 0.15) is 5.57 Å². The van der Waals surface area contributed by atoms with Crippen molar-refractivity contribution in [3.63, 3.8) is 0 Å². The lowest BCUT2D eigenvalue weighted by Gasteiger charge is -2.17. The minimum atomic E-state index is -0.502. The third-order valence-corrected chi connectivity index (χ3v) is 4.72. The summed E-state index contributed by atoms with van der Waals surface area (Å²) in [6.07, 6.45) is 1.61. The predicted octanol–water partition coefficient (Wildman–Crippen LogP) is 3.37. The maximum Gasteiger partial charge on any atom is 0.263 e. The van der Waals surface area contributed by atoms with Gasteiger partial charge in [0, 0.05) is 16.9 Å². The van der Waals surface area contributed by atoms with Crippen LogP contribution in [0.3, 0.4) is 0 Å². The highest BCUT2D eigenvalue weighted by molar-refractivity contribution is 7.80. The van der Waals surface area contributed by atoms with Gasteiger partial charge < -0.3 is 4.57 Å². The Morgan fingerprint density at radius 2 is 1.46 bits per heavy atom. The van der Waals surface area contributed by atoms with E-state index in [9.17, 15) is 9.59 Å². The number of nitrogens with one attached hydrogen (secondary N) is 2. The number of nitrogens with zero attached hydrogens (tertiary/aromatic N) is 1. The lowest BCUT2D eigenvalue weighted by molar-refractivity contribution is -0.123. The van der Waals surface area contributed by atoms with Crippen molar-refractivity contribution in [2.75, 3.05) is 0 Å². The molecule has 1 aliphatic heterocycles. The topological polar surface area (TPSA) is 63.1 Å². The van der Waals surface area contributed by atoms with Crippen LogP contribution in [-0.4, -0.2) is 21.5 Å². The van der Waals surface area contributed by atoms with E-state index in [2.05, 4.69) is 15.2 Å². The monoisotopic (exact) mass is 387 g/mol. The van der Waals surface area contributed by atoms with Crippen LogP contribution in [0.15, 0.2) is 72.3 Å². The van der Waals surface area contributed by atoms with Gasteiger partial charge in [0.25, 0.3) is 11.8 Å². The molecule has 1 aromatic heterocycles. The van der Waals surface area contributed by atoms with Crippen LogP contribution in [0.4, 0.5) is 0 Å². The summed E-state index contributed by atoms with van der Waals surface area (Å²) in [4.78, 5) is 24.6. The van der Waals surface area contributed by atoms with Gasteiger partial charge in [-0.15, -0.1) is 0 Å². The zero-order valence-electron chi connectivity index (χ0n) is 15.1. The van der Waals surface area contributed by atoms with E-state index in [1.165, 1.54) is 0 Å². The fourth-order valence-electron chi connectivity index (χ4n) is 3.34. The van der Waals surface area contributed by atoms with Crippen LogP contribution in [0.25, 0.3) is 23.0 Å². The van der Waals surface area contributed by atoms with Crippen LogP contribution in [0, 0.1) is 6.92 Å². The number of benzene rings is 2. The van der Waals surface area contributed by atoms with Gasteiger partial charge in [0.05, 0.1) is 5.69 Å². The number of aryl methyl sites for hydroxylation is 1. The summed E-state index contributed by atoms with van der Waals surface area (Å²) in [6.45, 7) is 2.00. The minimum absolute atomic E-state index is 0.0217. The van der Waals surface area contributed by atoms with Crippen molar-refractivity contribution in [2.45, 2.75) is 6.92 Å². The quantitative estimate of drug-likeness (QED) is 0.412. The van der Waals surface area contributed by atoms with Crippen LogP contribution in [0.5, 0.6) is 0 Å². The van der Waals surface area contributed by atoms with Gasteiger partial charge in [-0.1, -0.05) is 48.5 Å². The Morgan fingerprint density at radius 1 is 0.893 bits per heavy atom. The van der Waals surface area contributed by atoms with Crippen molar-refractivity contribution in [3.05, 3.63) is 83.6 Å². The SMILES string of the molecule is Cc1cc(C=C2C(=O)NC(=S)NC2=O)c(-c2ccccc2)n1-c1ccccc1. The molecule has 0 radical (unpaired) electrons. The highest BCUT2D eigenvalue weighted by Crippen LogP contribution is 2.32. The molecule has 2 amide bonds. The Balaban J connectivity index is 1.94. The molecule has 0 bridgehead atoms. The highest BCUT2D eigenvalue weighted by Gasteiger charge is 2.27. The summed E-state index contributed by atoms with van der Waals surface area (Å²) in [5, 5.41) is 4.98. The van der Waals surface area contributed by atoms with E-state index in [1.54, 1.807) is 6.08 Å². The number of carbonyl (C=O) groups excluding carboxylic acids is 2. The molecule has 28 heavy (non-hydrogen) atoms. The van der Waals surface area contributed by atoms with Gasteiger partial charge in [-0.3, -0.25) is 20.2 Å². The maximum atomic E-state index is 12.3. The molecule has 1 fully saturated rings. The normalized spacial score (nSPS) is 13.9. The number of rotatable bonds is 3. The molecule has 1 aliphatic rings. The van der Waals surface area contributed by atoms with Crippen molar-refractivity contribution in [2.24, 2.45) is 0 Å². The van der Waals surface area contributed by atoms with E-state index in [4.69, 9.17) is 12.2 Å². The molecule has 3 aromatic rings. The van der Waals surface area contributed by atoms with Gasteiger partial charge >= 0.3 is 0 Å². The van der Waals surface area contributed by atoms with Crippen molar-refractivity contribution >= 4 is 35.2 Å². The Morgan fingerprint density at radius 3 is 2.07 bits per heavy atom. The molecule has 1 saturated heterocycles. The molecule has 0 unspecified atom stereocenters.